The predicted octanol–water partition coefficient (Wildman–Crippen LogP) is 4.23. The van der Waals surface area contributed by atoms with Crippen LogP contribution in [0.4, 0.5) is 15.8 Å². The van der Waals surface area contributed by atoms with E-state index in [0.717, 1.165) is 33.5 Å². The Morgan fingerprint density at radius 3 is 2.46 bits per heavy atom. The summed E-state index contributed by atoms with van der Waals surface area (Å²) in [6.45, 7) is 0.124. The molecule has 4 aromatic rings. The highest BCUT2D eigenvalue weighted by molar-refractivity contribution is 6.23. The summed E-state index contributed by atoms with van der Waals surface area (Å²) >= 11 is 0. The van der Waals surface area contributed by atoms with Crippen molar-refractivity contribution in [1.29, 1.82) is 0 Å². The number of non-ortho nitro benzene ring substituents is 1. The lowest BCUT2D eigenvalue weighted by Gasteiger charge is -2.28. The number of hydrogen-bond acceptors (Lipinski definition) is 5. The molecule has 0 radical (unpaired) electrons. The Morgan fingerprint density at radius 1 is 1.05 bits per heavy atom. The van der Waals surface area contributed by atoms with Crippen LogP contribution < -0.4 is 4.90 Å². The third-order valence-corrected chi connectivity index (χ3v) is 6.47. The largest absolute Gasteiger partial charge is 0.361 e. The molecule has 1 N–H and O–H groups in total. The van der Waals surface area contributed by atoms with E-state index in [2.05, 4.69) is 4.98 Å². The van der Waals surface area contributed by atoms with E-state index in [1.807, 2.05) is 30.5 Å². The maximum Gasteiger partial charge on any atom is 0.269 e. The number of halogens is 1. The number of hydrogen-bond donors (Lipinski definition) is 1. The lowest BCUT2D eigenvalue weighted by atomic mass is 10.1. The van der Waals surface area contributed by atoms with E-state index in [9.17, 15) is 28.9 Å². The van der Waals surface area contributed by atoms with Crippen LogP contribution in [0.5, 0.6) is 0 Å². The number of H-pyrrole nitrogens is 1. The van der Waals surface area contributed by atoms with Gasteiger partial charge in [-0.05, 0) is 54.4 Å². The van der Waals surface area contributed by atoms with Crippen molar-refractivity contribution in [2.45, 2.75) is 18.9 Å². The molecular weight excluding hydrogens is 479 g/mol. The number of carbonyl (C=O) groups excluding carboxylic acids is 3. The van der Waals surface area contributed by atoms with Gasteiger partial charge in [0.25, 0.3) is 17.5 Å². The van der Waals surface area contributed by atoms with Gasteiger partial charge in [0.15, 0.2) is 0 Å². The van der Waals surface area contributed by atoms with Gasteiger partial charge in [-0.3, -0.25) is 24.5 Å². The normalized spacial score (nSPS) is 15.4. The minimum atomic E-state index is -1.08. The molecule has 5 rings (SSSR count). The van der Waals surface area contributed by atoms with E-state index >= 15 is 0 Å². The van der Waals surface area contributed by atoms with E-state index < -0.39 is 34.5 Å². The molecule has 186 valence electrons. The zero-order valence-corrected chi connectivity index (χ0v) is 19.5. The Kier molecular flexibility index (Phi) is 6.22. The van der Waals surface area contributed by atoms with Crippen LogP contribution in [-0.2, 0) is 16.0 Å². The van der Waals surface area contributed by atoms with Crippen molar-refractivity contribution in [3.8, 4) is 0 Å². The first-order valence-electron chi connectivity index (χ1n) is 11.6. The molecule has 9 nitrogen and oxygen atoms in total. The van der Waals surface area contributed by atoms with Gasteiger partial charge in [0.2, 0.25) is 5.91 Å². The lowest BCUT2D eigenvalue weighted by molar-refractivity contribution is -0.384. The Balaban J connectivity index is 1.46. The van der Waals surface area contributed by atoms with Crippen LogP contribution in [0.1, 0.15) is 22.3 Å². The fourth-order valence-corrected chi connectivity index (χ4v) is 4.59. The van der Waals surface area contributed by atoms with Gasteiger partial charge in [0.1, 0.15) is 11.9 Å². The third-order valence-electron chi connectivity index (χ3n) is 6.47. The van der Waals surface area contributed by atoms with E-state index in [1.54, 1.807) is 0 Å². The van der Waals surface area contributed by atoms with Crippen LogP contribution in [0.2, 0.25) is 0 Å². The Bertz CT molecular complexity index is 1510. The number of nitrogens with zero attached hydrogens (tertiary/aromatic N) is 3. The average molecular weight is 500 g/mol. The zero-order valence-electron chi connectivity index (χ0n) is 19.5. The molecule has 1 unspecified atom stereocenters. The summed E-state index contributed by atoms with van der Waals surface area (Å²) in [6, 6.07) is 16.7. The van der Waals surface area contributed by atoms with E-state index in [1.165, 1.54) is 41.3 Å². The van der Waals surface area contributed by atoms with Crippen molar-refractivity contribution in [2.75, 3.05) is 11.4 Å². The molecule has 1 aromatic heterocycles. The number of nitrogens with one attached hydrogen (secondary N) is 1. The van der Waals surface area contributed by atoms with Gasteiger partial charge in [0, 0.05) is 41.3 Å². The highest BCUT2D eigenvalue weighted by Crippen LogP contribution is 2.28. The number of aromatic amines is 1. The monoisotopic (exact) mass is 500 g/mol. The molecule has 0 aliphatic carbocycles. The second-order valence-corrected chi connectivity index (χ2v) is 8.68. The number of aromatic nitrogens is 1. The summed E-state index contributed by atoms with van der Waals surface area (Å²) in [5.41, 5.74) is 2.07. The molecule has 1 saturated heterocycles. The fraction of sp³-hybridized carbons (Fsp3) is 0.148. The van der Waals surface area contributed by atoms with Crippen molar-refractivity contribution in [2.24, 2.45) is 0 Å². The molecule has 0 saturated carbocycles. The smallest absolute Gasteiger partial charge is 0.269 e. The second-order valence-electron chi connectivity index (χ2n) is 8.68. The Labute approximate surface area is 210 Å². The highest BCUT2D eigenvalue weighted by Gasteiger charge is 2.44. The summed E-state index contributed by atoms with van der Waals surface area (Å²) in [4.78, 5) is 55.8. The minimum Gasteiger partial charge on any atom is -0.361 e. The number of nitro groups is 1. The molecule has 3 aromatic carbocycles. The number of amides is 3. The molecule has 1 atom stereocenters. The number of para-hydroxylation sites is 1. The number of benzene rings is 3. The quantitative estimate of drug-likeness (QED) is 0.232. The van der Waals surface area contributed by atoms with Gasteiger partial charge in [-0.2, -0.15) is 0 Å². The molecule has 3 amide bonds. The van der Waals surface area contributed by atoms with Crippen LogP contribution in [0.25, 0.3) is 10.9 Å². The zero-order chi connectivity index (χ0) is 26.1. The van der Waals surface area contributed by atoms with Crippen LogP contribution >= 0.6 is 0 Å². The maximum absolute atomic E-state index is 13.6. The van der Waals surface area contributed by atoms with Gasteiger partial charge in [0.05, 0.1) is 17.0 Å². The molecular formula is C27H21FN4O5. The summed E-state index contributed by atoms with van der Waals surface area (Å²) < 4.78 is 13.4. The minimum absolute atomic E-state index is 0.124. The van der Waals surface area contributed by atoms with Crippen LogP contribution in [-0.4, -0.2) is 45.1 Å². The van der Waals surface area contributed by atoms with Crippen molar-refractivity contribution >= 4 is 40.0 Å². The molecule has 0 spiro atoms. The molecule has 1 aliphatic heterocycles. The molecule has 10 heteroatoms. The van der Waals surface area contributed by atoms with E-state index in [4.69, 9.17) is 0 Å². The topological polar surface area (TPSA) is 117 Å². The first kappa shape index (κ1) is 23.9. The predicted molar refractivity (Wildman–Crippen MR) is 133 cm³/mol. The van der Waals surface area contributed by atoms with E-state index in [0.29, 0.717) is 6.42 Å². The number of rotatable bonds is 7. The van der Waals surface area contributed by atoms with Gasteiger partial charge < -0.3 is 9.88 Å². The summed E-state index contributed by atoms with van der Waals surface area (Å²) in [6.07, 6.45) is 2.01. The Morgan fingerprint density at radius 2 is 1.76 bits per heavy atom. The number of imide groups is 1. The first-order valence-corrected chi connectivity index (χ1v) is 11.6. The molecule has 1 fully saturated rings. The fourth-order valence-electron chi connectivity index (χ4n) is 4.59. The molecule has 0 bridgehead atoms. The summed E-state index contributed by atoms with van der Waals surface area (Å²) in [5, 5.41) is 12.0. The van der Waals surface area contributed by atoms with Crippen LogP contribution in [0, 0.1) is 15.9 Å². The molecule has 2 heterocycles. The average Bonchev–Trinajstić information content (AvgIpc) is 3.45. The van der Waals surface area contributed by atoms with Gasteiger partial charge in [-0.25, -0.2) is 9.29 Å². The van der Waals surface area contributed by atoms with Gasteiger partial charge in [-0.1, -0.05) is 18.2 Å². The van der Waals surface area contributed by atoms with Crippen LogP contribution in [0.3, 0.4) is 0 Å². The lowest BCUT2D eigenvalue weighted by Crippen LogP contribution is -2.46. The van der Waals surface area contributed by atoms with Crippen molar-refractivity contribution in [1.82, 2.24) is 9.88 Å². The molecule has 1 aliphatic rings. The Hall–Kier alpha value is -4.86. The number of carbonyl (C=O) groups is 3. The standard InChI is InChI=1S/C27H21FN4O5/c28-19-7-11-20(12-8-19)31-25(33)15-24(27(31)35)30(26(34)17-5-9-21(10-6-17)32(36)37)14-13-18-16-29-23-4-2-1-3-22(18)23/h1-12,16,24,29H,13-15H2. The number of nitro benzene ring substituents is 1. The van der Waals surface area contributed by atoms with Crippen LogP contribution in [0.15, 0.2) is 79.0 Å². The van der Waals surface area contributed by atoms with E-state index in [-0.39, 0.29) is 29.9 Å². The van der Waals surface area contributed by atoms with Gasteiger partial charge >= 0.3 is 0 Å². The van der Waals surface area contributed by atoms with Crippen molar-refractivity contribution in [3.63, 3.8) is 0 Å². The number of fused-ring (bicyclic) bond motifs is 1. The van der Waals surface area contributed by atoms with Crippen molar-refractivity contribution in [3.05, 3.63) is 106 Å². The number of anilines is 1. The summed E-state index contributed by atoms with van der Waals surface area (Å²) in [7, 11) is 0. The first-order chi connectivity index (χ1) is 17.8. The van der Waals surface area contributed by atoms with Crippen molar-refractivity contribution < 1.29 is 23.7 Å². The highest BCUT2D eigenvalue weighted by atomic mass is 19.1. The third kappa shape index (κ3) is 4.56. The second kappa shape index (κ2) is 9.65. The molecule has 37 heavy (non-hydrogen) atoms. The SMILES string of the molecule is O=C1CC(N(CCc2c[nH]c3ccccc23)C(=O)c2ccc([N+](=O)[O-])cc2)C(=O)N1c1ccc(F)cc1. The maximum atomic E-state index is 13.6. The summed E-state index contributed by atoms with van der Waals surface area (Å²) in [5.74, 6) is -2.13. The van der Waals surface area contributed by atoms with Gasteiger partial charge in [-0.15, -0.1) is 0 Å².